The molecule has 1 aromatic carbocycles. The van der Waals surface area contributed by atoms with Gasteiger partial charge in [-0.1, -0.05) is 0 Å². The molecule has 9 heteroatoms. The third kappa shape index (κ3) is 5.51. The van der Waals surface area contributed by atoms with Gasteiger partial charge in [-0.3, -0.25) is 9.80 Å². The van der Waals surface area contributed by atoms with Gasteiger partial charge in [-0.15, -0.1) is 0 Å². The lowest BCUT2D eigenvalue weighted by Crippen LogP contribution is -2.55. The SMILES string of the molecule is CC(C)N1CCN(c2ccc(Nc3ncc(F)c(N[C@@H]4C[C@H]5CCCN5C(C)(C)C4)n3)cc2C#N)CC1. The lowest BCUT2D eigenvalue weighted by Gasteiger charge is -2.47. The molecule has 0 bridgehead atoms. The molecule has 0 radical (unpaired) electrons. The predicted molar refractivity (Wildman–Crippen MR) is 146 cm³/mol. The molecule has 2 N–H and O–H groups in total. The number of anilines is 4. The van der Waals surface area contributed by atoms with Gasteiger partial charge in [0.25, 0.3) is 0 Å². The second-order valence-corrected chi connectivity index (χ2v) is 11.6. The molecular formula is C28H39FN8. The van der Waals surface area contributed by atoms with Gasteiger partial charge in [-0.05, 0) is 78.1 Å². The van der Waals surface area contributed by atoms with Crippen LogP contribution in [0.3, 0.4) is 0 Å². The Hall–Kier alpha value is -2.96. The first-order chi connectivity index (χ1) is 17.7. The number of halogens is 1. The lowest BCUT2D eigenvalue weighted by molar-refractivity contribution is 0.0500. The number of piperidine rings is 1. The van der Waals surface area contributed by atoms with Crippen LogP contribution in [0.2, 0.25) is 0 Å². The van der Waals surface area contributed by atoms with Gasteiger partial charge in [-0.2, -0.15) is 10.2 Å². The molecule has 3 aliphatic rings. The molecular weight excluding hydrogens is 467 g/mol. The number of fused-ring (bicyclic) bond motifs is 1. The number of hydrogen-bond donors (Lipinski definition) is 2. The van der Waals surface area contributed by atoms with Crippen molar-refractivity contribution in [3.8, 4) is 6.07 Å². The third-order valence-corrected chi connectivity index (χ3v) is 8.30. The number of benzene rings is 1. The maximum absolute atomic E-state index is 14.7. The molecule has 37 heavy (non-hydrogen) atoms. The van der Waals surface area contributed by atoms with Crippen LogP contribution in [0.4, 0.5) is 27.5 Å². The van der Waals surface area contributed by atoms with Gasteiger partial charge in [0.05, 0.1) is 17.4 Å². The minimum Gasteiger partial charge on any atom is -0.368 e. The lowest BCUT2D eigenvalue weighted by atomic mass is 9.84. The summed E-state index contributed by atoms with van der Waals surface area (Å²) in [6.45, 7) is 13.9. The molecule has 3 fully saturated rings. The number of nitriles is 1. The van der Waals surface area contributed by atoms with Crippen molar-refractivity contribution in [1.82, 2.24) is 19.8 Å². The average Bonchev–Trinajstić information content (AvgIpc) is 3.36. The quantitative estimate of drug-likeness (QED) is 0.589. The maximum Gasteiger partial charge on any atom is 0.229 e. The largest absolute Gasteiger partial charge is 0.368 e. The maximum atomic E-state index is 14.7. The summed E-state index contributed by atoms with van der Waals surface area (Å²) >= 11 is 0. The van der Waals surface area contributed by atoms with Crippen molar-refractivity contribution in [2.75, 3.05) is 48.3 Å². The Balaban J connectivity index is 1.27. The Morgan fingerprint density at radius 2 is 1.95 bits per heavy atom. The van der Waals surface area contributed by atoms with Crippen LogP contribution in [-0.2, 0) is 0 Å². The zero-order chi connectivity index (χ0) is 26.2. The second kappa shape index (κ2) is 10.4. The molecule has 0 aliphatic carbocycles. The Labute approximate surface area is 219 Å². The fourth-order valence-corrected chi connectivity index (χ4v) is 6.43. The summed E-state index contributed by atoms with van der Waals surface area (Å²) in [5.74, 6) is 0.0827. The monoisotopic (exact) mass is 506 g/mol. The summed E-state index contributed by atoms with van der Waals surface area (Å²) in [5, 5.41) is 16.4. The molecule has 3 aliphatic heterocycles. The van der Waals surface area contributed by atoms with Gasteiger partial charge < -0.3 is 15.5 Å². The van der Waals surface area contributed by atoms with Crippen molar-refractivity contribution in [2.45, 2.75) is 77.0 Å². The van der Waals surface area contributed by atoms with Gasteiger partial charge in [-0.25, -0.2) is 9.37 Å². The van der Waals surface area contributed by atoms with Crippen LogP contribution in [0.25, 0.3) is 0 Å². The second-order valence-electron chi connectivity index (χ2n) is 11.6. The smallest absolute Gasteiger partial charge is 0.229 e. The number of rotatable bonds is 6. The first-order valence-electron chi connectivity index (χ1n) is 13.6. The van der Waals surface area contributed by atoms with Crippen LogP contribution < -0.4 is 15.5 Å². The molecule has 3 saturated heterocycles. The van der Waals surface area contributed by atoms with E-state index in [2.05, 4.69) is 69.1 Å². The van der Waals surface area contributed by atoms with Gasteiger partial charge in [0, 0.05) is 55.5 Å². The average molecular weight is 507 g/mol. The molecule has 1 aromatic heterocycles. The zero-order valence-corrected chi connectivity index (χ0v) is 22.5. The van der Waals surface area contributed by atoms with E-state index in [1.807, 2.05) is 18.2 Å². The summed E-state index contributed by atoms with van der Waals surface area (Å²) in [5.41, 5.74) is 2.34. The van der Waals surface area contributed by atoms with E-state index in [1.165, 1.54) is 19.0 Å². The van der Waals surface area contributed by atoms with Crippen LogP contribution in [0.15, 0.2) is 24.4 Å². The van der Waals surface area contributed by atoms with Gasteiger partial charge in [0.15, 0.2) is 11.6 Å². The number of nitrogens with one attached hydrogen (secondary N) is 2. The minimum atomic E-state index is -0.453. The van der Waals surface area contributed by atoms with Crippen molar-refractivity contribution in [3.63, 3.8) is 0 Å². The Kier molecular flexibility index (Phi) is 7.24. The Bertz CT molecular complexity index is 1150. The molecule has 0 saturated carbocycles. The van der Waals surface area contributed by atoms with E-state index >= 15 is 0 Å². The highest BCUT2D eigenvalue weighted by atomic mass is 19.1. The van der Waals surface area contributed by atoms with Crippen LogP contribution in [-0.4, -0.2) is 76.2 Å². The predicted octanol–water partition coefficient (Wildman–Crippen LogP) is 4.58. The van der Waals surface area contributed by atoms with E-state index in [0.717, 1.165) is 51.3 Å². The molecule has 0 unspecified atom stereocenters. The number of aromatic nitrogens is 2. The van der Waals surface area contributed by atoms with E-state index in [9.17, 15) is 9.65 Å². The van der Waals surface area contributed by atoms with Crippen LogP contribution >= 0.6 is 0 Å². The molecule has 0 amide bonds. The third-order valence-electron chi connectivity index (χ3n) is 8.30. The molecule has 2 aromatic rings. The Morgan fingerprint density at radius 3 is 2.68 bits per heavy atom. The minimum absolute atomic E-state index is 0.0819. The molecule has 5 rings (SSSR count). The first-order valence-corrected chi connectivity index (χ1v) is 13.6. The van der Waals surface area contributed by atoms with Gasteiger partial charge in [0.2, 0.25) is 5.95 Å². The summed E-state index contributed by atoms with van der Waals surface area (Å²) in [6.07, 6.45) is 5.57. The van der Waals surface area contributed by atoms with Crippen molar-refractivity contribution in [1.29, 1.82) is 5.26 Å². The molecule has 8 nitrogen and oxygen atoms in total. The van der Waals surface area contributed by atoms with Crippen LogP contribution in [0.1, 0.15) is 58.9 Å². The Morgan fingerprint density at radius 1 is 1.16 bits per heavy atom. The fraction of sp³-hybridized carbons (Fsp3) is 0.607. The highest BCUT2D eigenvalue weighted by Crippen LogP contribution is 2.38. The summed E-state index contributed by atoms with van der Waals surface area (Å²) < 4.78 is 14.7. The summed E-state index contributed by atoms with van der Waals surface area (Å²) in [4.78, 5) is 16.0. The van der Waals surface area contributed by atoms with E-state index in [0.29, 0.717) is 29.3 Å². The standard InChI is InChI=1S/C28H39FN8/c1-19(2)35-10-12-36(13-11-35)25-8-7-21(14-20(25)17-30)33-27-31-18-24(29)26(34-27)32-22-15-23-6-5-9-37(23)28(3,4)16-22/h7-8,14,18-19,22-23H,5-6,9-13,15-16H2,1-4H3,(H2,31,32,33,34)/t22-,23-/m1/s1. The van der Waals surface area contributed by atoms with Crippen molar-refractivity contribution < 1.29 is 4.39 Å². The normalized spacial score (nSPS) is 24.1. The molecule has 2 atom stereocenters. The van der Waals surface area contributed by atoms with Crippen molar-refractivity contribution >= 4 is 23.1 Å². The highest BCUT2D eigenvalue weighted by molar-refractivity contribution is 5.68. The van der Waals surface area contributed by atoms with Gasteiger partial charge in [0.1, 0.15) is 6.07 Å². The van der Waals surface area contributed by atoms with Crippen molar-refractivity contribution in [3.05, 3.63) is 35.8 Å². The van der Waals surface area contributed by atoms with E-state index < -0.39 is 5.82 Å². The van der Waals surface area contributed by atoms with E-state index in [4.69, 9.17) is 0 Å². The fourth-order valence-electron chi connectivity index (χ4n) is 6.43. The number of nitrogens with zero attached hydrogens (tertiary/aromatic N) is 6. The van der Waals surface area contributed by atoms with Gasteiger partial charge >= 0.3 is 0 Å². The zero-order valence-electron chi connectivity index (χ0n) is 22.5. The first kappa shape index (κ1) is 25.7. The summed E-state index contributed by atoms with van der Waals surface area (Å²) in [7, 11) is 0. The highest BCUT2D eigenvalue weighted by Gasteiger charge is 2.43. The van der Waals surface area contributed by atoms with Crippen LogP contribution in [0, 0.1) is 17.1 Å². The van der Waals surface area contributed by atoms with E-state index in [1.54, 1.807) is 0 Å². The van der Waals surface area contributed by atoms with E-state index in [-0.39, 0.29) is 17.4 Å². The molecule has 198 valence electrons. The number of piperazine rings is 1. The van der Waals surface area contributed by atoms with Crippen molar-refractivity contribution in [2.24, 2.45) is 0 Å². The number of hydrogen-bond acceptors (Lipinski definition) is 8. The molecule has 0 spiro atoms. The van der Waals surface area contributed by atoms with Crippen LogP contribution in [0.5, 0.6) is 0 Å². The topological polar surface area (TPSA) is 83.3 Å². The molecule has 4 heterocycles. The summed E-state index contributed by atoms with van der Waals surface area (Å²) in [6, 6.07) is 9.30.